The van der Waals surface area contributed by atoms with Crippen molar-refractivity contribution in [2.45, 2.75) is 0 Å². The summed E-state index contributed by atoms with van der Waals surface area (Å²) in [6.45, 7) is 0. The van der Waals surface area contributed by atoms with Crippen molar-refractivity contribution in [2.75, 3.05) is 0 Å². The maximum Gasteiger partial charge on any atom is 0.322 e. The van der Waals surface area contributed by atoms with E-state index in [2.05, 4.69) is 0 Å². The number of hydrogen-bond acceptors (Lipinski definition) is 3. The zero-order valence-corrected chi connectivity index (χ0v) is 7.18. The molecular weight excluding hydrogens is 193 g/mol. The van der Waals surface area contributed by atoms with E-state index < -0.39 is 16.4 Å². The van der Waals surface area contributed by atoms with Crippen molar-refractivity contribution in [1.82, 2.24) is 0 Å². The molecule has 0 unspecified atom stereocenters. The fourth-order valence-corrected chi connectivity index (χ4v) is 2.07. The van der Waals surface area contributed by atoms with E-state index in [1.54, 1.807) is 11.4 Å². The number of rotatable bonds is 1. The van der Waals surface area contributed by atoms with Crippen LogP contribution in [0.5, 0.6) is 0 Å². The lowest BCUT2D eigenvalue weighted by Crippen LogP contribution is -1.91. The number of benzene rings is 1. The summed E-state index contributed by atoms with van der Waals surface area (Å²) >= 11 is 1.17. The zero-order chi connectivity index (χ0) is 9.42. The van der Waals surface area contributed by atoms with Gasteiger partial charge in [0.05, 0.1) is 4.92 Å². The predicted molar refractivity (Wildman–Crippen MR) is 48.4 cm³/mol. The standard InChI is InChI=1S/C8H4FNO2S/c9-6-2-1-5-3-4-13-8(5)7(6)10(11)12/h1-4H. The van der Waals surface area contributed by atoms with Crippen molar-refractivity contribution in [3.05, 3.63) is 39.5 Å². The molecule has 0 atom stereocenters. The molecule has 1 aromatic heterocycles. The fraction of sp³-hybridized carbons (Fsp3) is 0. The van der Waals surface area contributed by atoms with Gasteiger partial charge in [0, 0.05) is 0 Å². The molecule has 0 radical (unpaired) electrons. The first-order chi connectivity index (χ1) is 6.20. The van der Waals surface area contributed by atoms with Gasteiger partial charge in [-0.05, 0) is 22.9 Å². The Labute approximate surface area is 76.6 Å². The Morgan fingerprint density at radius 1 is 1.38 bits per heavy atom. The monoisotopic (exact) mass is 197 g/mol. The minimum absolute atomic E-state index is 0.394. The number of halogens is 1. The summed E-state index contributed by atoms with van der Waals surface area (Å²) in [5.41, 5.74) is -0.424. The van der Waals surface area contributed by atoms with E-state index >= 15 is 0 Å². The first kappa shape index (κ1) is 8.12. The molecule has 66 valence electrons. The predicted octanol–water partition coefficient (Wildman–Crippen LogP) is 2.95. The smallest absolute Gasteiger partial charge is 0.258 e. The number of fused-ring (bicyclic) bond motifs is 1. The lowest BCUT2D eigenvalue weighted by Gasteiger charge is -1.94. The molecule has 3 nitrogen and oxygen atoms in total. The maximum atomic E-state index is 13.0. The Kier molecular flexibility index (Phi) is 1.73. The largest absolute Gasteiger partial charge is 0.322 e. The molecule has 1 aromatic carbocycles. The van der Waals surface area contributed by atoms with Gasteiger partial charge in [-0.25, -0.2) is 0 Å². The third-order valence-corrected chi connectivity index (χ3v) is 2.67. The molecule has 2 aromatic rings. The second-order valence-electron chi connectivity index (χ2n) is 2.49. The van der Waals surface area contributed by atoms with Crippen LogP contribution in [0.2, 0.25) is 0 Å². The second-order valence-corrected chi connectivity index (χ2v) is 3.41. The van der Waals surface area contributed by atoms with E-state index in [1.165, 1.54) is 17.4 Å². The van der Waals surface area contributed by atoms with Gasteiger partial charge >= 0.3 is 5.69 Å². The normalized spacial score (nSPS) is 10.5. The average molecular weight is 197 g/mol. The summed E-state index contributed by atoms with van der Waals surface area (Å²) in [5.74, 6) is -0.778. The zero-order valence-electron chi connectivity index (χ0n) is 6.36. The van der Waals surface area contributed by atoms with Gasteiger partial charge < -0.3 is 0 Å². The fourth-order valence-electron chi connectivity index (χ4n) is 1.16. The van der Waals surface area contributed by atoms with E-state index in [0.717, 1.165) is 6.07 Å². The van der Waals surface area contributed by atoms with Gasteiger partial charge in [-0.2, -0.15) is 4.39 Å². The highest BCUT2D eigenvalue weighted by Crippen LogP contribution is 2.32. The highest BCUT2D eigenvalue weighted by molar-refractivity contribution is 7.17. The molecule has 0 N–H and O–H groups in total. The SMILES string of the molecule is O=[N+]([O-])c1c(F)ccc2ccsc12. The van der Waals surface area contributed by atoms with Crippen molar-refractivity contribution in [3.8, 4) is 0 Å². The molecule has 5 heteroatoms. The van der Waals surface area contributed by atoms with Gasteiger partial charge in [-0.3, -0.25) is 10.1 Å². The number of nitro groups is 1. The van der Waals surface area contributed by atoms with Crippen LogP contribution >= 0.6 is 11.3 Å². The molecule has 0 amide bonds. The van der Waals surface area contributed by atoms with E-state index in [-0.39, 0.29) is 0 Å². The van der Waals surface area contributed by atoms with E-state index in [1.807, 2.05) is 0 Å². The number of nitrogens with zero attached hydrogens (tertiary/aromatic N) is 1. The van der Waals surface area contributed by atoms with Crippen molar-refractivity contribution in [3.63, 3.8) is 0 Å². The van der Waals surface area contributed by atoms with Crippen LogP contribution in [-0.4, -0.2) is 4.92 Å². The Bertz CT molecular complexity index is 480. The molecule has 2 rings (SSSR count). The highest BCUT2D eigenvalue weighted by atomic mass is 32.1. The van der Waals surface area contributed by atoms with Crippen molar-refractivity contribution in [2.24, 2.45) is 0 Å². The Hall–Kier alpha value is -1.49. The second kappa shape index (κ2) is 2.77. The van der Waals surface area contributed by atoms with Crippen molar-refractivity contribution in [1.29, 1.82) is 0 Å². The van der Waals surface area contributed by atoms with Crippen LogP contribution in [0.4, 0.5) is 10.1 Å². The van der Waals surface area contributed by atoms with Crippen LogP contribution in [0, 0.1) is 15.9 Å². The molecule has 0 aliphatic heterocycles. The van der Waals surface area contributed by atoms with E-state index in [9.17, 15) is 14.5 Å². The van der Waals surface area contributed by atoms with E-state index in [0.29, 0.717) is 10.1 Å². The van der Waals surface area contributed by atoms with Crippen LogP contribution in [0.25, 0.3) is 10.1 Å². The molecule has 0 bridgehead atoms. The lowest BCUT2D eigenvalue weighted by molar-refractivity contribution is -0.385. The first-order valence-corrected chi connectivity index (χ1v) is 4.38. The van der Waals surface area contributed by atoms with Crippen molar-refractivity contribution >= 4 is 27.1 Å². The minimum Gasteiger partial charge on any atom is -0.258 e. The van der Waals surface area contributed by atoms with Crippen molar-refractivity contribution < 1.29 is 9.31 Å². The molecule has 0 spiro atoms. The van der Waals surface area contributed by atoms with Gasteiger partial charge in [-0.15, -0.1) is 11.3 Å². The van der Waals surface area contributed by atoms with Gasteiger partial charge in [0.2, 0.25) is 5.82 Å². The Morgan fingerprint density at radius 2 is 2.15 bits per heavy atom. The van der Waals surface area contributed by atoms with Crippen LogP contribution in [0.3, 0.4) is 0 Å². The Balaban J connectivity index is 2.88. The van der Waals surface area contributed by atoms with Crippen LogP contribution in [-0.2, 0) is 0 Å². The van der Waals surface area contributed by atoms with Gasteiger partial charge in [0.25, 0.3) is 0 Å². The van der Waals surface area contributed by atoms with Gasteiger partial charge in [-0.1, -0.05) is 6.07 Å². The van der Waals surface area contributed by atoms with Gasteiger partial charge in [0.15, 0.2) is 0 Å². The summed E-state index contributed by atoms with van der Waals surface area (Å²) in [4.78, 5) is 9.82. The molecular formula is C8H4FNO2S. The summed E-state index contributed by atoms with van der Waals surface area (Å²) in [6, 6.07) is 4.38. The quantitative estimate of drug-likeness (QED) is 0.521. The lowest BCUT2D eigenvalue weighted by atomic mass is 10.2. The molecule has 0 aliphatic carbocycles. The molecule has 13 heavy (non-hydrogen) atoms. The number of thiophene rings is 1. The first-order valence-electron chi connectivity index (χ1n) is 3.50. The number of nitro benzene ring substituents is 1. The van der Waals surface area contributed by atoms with Crippen LogP contribution < -0.4 is 0 Å². The van der Waals surface area contributed by atoms with E-state index in [4.69, 9.17) is 0 Å². The van der Waals surface area contributed by atoms with Crippen LogP contribution in [0.1, 0.15) is 0 Å². The third kappa shape index (κ3) is 1.17. The molecule has 0 saturated carbocycles. The summed E-state index contributed by atoms with van der Waals surface area (Å²) < 4.78 is 13.4. The summed E-state index contributed by atoms with van der Waals surface area (Å²) in [7, 11) is 0. The summed E-state index contributed by atoms with van der Waals surface area (Å²) in [5, 5.41) is 12.9. The molecule has 0 aliphatic rings. The maximum absolute atomic E-state index is 13.0. The molecule has 0 fully saturated rings. The third-order valence-electron chi connectivity index (χ3n) is 1.73. The summed E-state index contributed by atoms with van der Waals surface area (Å²) in [6.07, 6.45) is 0. The van der Waals surface area contributed by atoms with Crippen LogP contribution in [0.15, 0.2) is 23.6 Å². The highest BCUT2D eigenvalue weighted by Gasteiger charge is 2.18. The molecule has 1 heterocycles. The Morgan fingerprint density at radius 3 is 2.85 bits per heavy atom. The molecule has 0 saturated heterocycles. The average Bonchev–Trinajstić information content (AvgIpc) is 2.50. The number of hydrogen-bond donors (Lipinski definition) is 0. The topological polar surface area (TPSA) is 43.1 Å². The van der Waals surface area contributed by atoms with Gasteiger partial charge in [0.1, 0.15) is 4.70 Å². The minimum atomic E-state index is -0.778.